The Morgan fingerprint density at radius 3 is 2.41 bits per heavy atom. The van der Waals surface area contributed by atoms with Gasteiger partial charge in [-0.15, -0.1) is 11.3 Å². The smallest absolute Gasteiger partial charge is 0.195 e. The Kier molecular flexibility index (Phi) is 5.15. The molecule has 0 spiro atoms. The van der Waals surface area contributed by atoms with Crippen molar-refractivity contribution in [3.05, 3.63) is 20.8 Å². The molecule has 0 aliphatic heterocycles. The van der Waals surface area contributed by atoms with Gasteiger partial charge >= 0.3 is 0 Å². The van der Waals surface area contributed by atoms with Gasteiger partial charge in [-0.1, -0.05) is 0 Å². The van der Waals surface area contributed by atoms with E-state index in [0.717, 1.165) is 9.35 Å². The summed E-state index contributed by atoms with van der Waals surface area (Å²) in [4.78, 5) is 1.01. The summed E-state index contributed by atoms with van der Waals surface area (Å²) in [6.07, 6.45) is 0. The van der Waals surface area contributed by atoms with Crippen LogP contribution in [0.4, 0.5) is 0 Å². The quantitative estimate of drug-likeness (QED) is 0.826. The molecule has 0 radical (unpaired) electrons. The molecule has 17 heavy (non-hydrogen) atoms. The Labute approximate surface area is 116 Å². The van der Waals surface area contributed by atoms with E-state index in [9.17, 15) is 8.42 Å². The highest BCUT2D eigenvalue weighted by Crippen LogP contribution is 2.22. The first-order valence-corrected chi connectivity index (χ1v) is 8.24. The molecular weight excluding hydrogens is 324 g/mol. The molecule has 1 aromatic heterocycles. The summed E-state index contributed by atoms with van der Waals surface area (Å²) < 4.78 is 28.0. The fraction of sp³-hybridized carbons (Fsp3) is 0.600. The maximum Gasteiger partial charge on any atom is 0.282 e. The fourth-order valence-electron chi connectivity index (χ4n) is 1.22. The van der Waals surface area contributed by atoms with Crippen molar-refractivity contribution in [2.24, 2.45) is 0 Å². The van der Waals surface area contributed by atoms with Crippen LogP contribution in [0.25, 0.3) is 0 Å². The van der Waals surface area contributed by atoms with Crippen LogP contribution in [0.1, 0.15) is 18.7 Å². The van der Waals surface area contributed by atoms with Crippen LogP contribution in [0.2, 0.25) is 0 Å². The third-order valence-electron chi connectivity index (χ3n) is 2.49. The molecule has 0 aliphatic carbocycles. The largest absolute Gasteiger partial charge is 0.282 e. The lowest BCUT2D eigenvalue weighted by Crippen LogP contribution is -2.42. The van der Waals surface area contributed by atoms with Crippen molar-refractivity contribution in [3.63, 3.8) is 0 Å². The first-order valence-electron chi connectivity index (χ1n) is 5.17. The van der Waals surface area contributed by atoms with E-state index in [1.165, 1.54) is 8.61 Å². The molecule has 0 aliphatic rings. The molecule has 4 nitrogen and oxygen atoms in total. The van der Waals surface area contributed by atoms with Crippen LogP contribution < -0.4 is 0 Å². The summed E-state index contributed by atoms with van der Waals surface area (Å²) in [5.41, 5.74) is 0. The Balaban J connectivity index is 2.79. The number of rotatable bonds is 5. The van der Waals surface area contributed by atoms with E-state index in [-0.39, 0.29) is 6.04 Å². The van der Waals surface area contributed by atoms with Crippen LogP contribution >= 0.6 is 27.3 Å². The second kappa shape index (κ2) is 5.79. The highest BCUT2D eigenvalue weighted by Gasteiger charge is 2.25. The highest BCUT2D eigenvalue weighted by atomic mass is 79.9. The summed E-state index contributed by atoms with van der Waals surface area (Å²) >= 11 is 4.90. The molecule has 1 rings (SSSR count). The van der Waals surface area contributed by atoms with E-state index in [0.29, 0.717) is 6.54 Å². The minimum Gasteiger partial charge on any atom is -0.195 e. The molecule has 0 amide bonds. The van der Waals surface area contributed by atoms with Gasteiger partial charge < -0.3 is 0 Å². The number of nitrogens with zero attached hydrogens (tertiary/aromatic N) is 2. The van der Waals surface area contributed by atoms with Crippen LogP contribution in [0.15, 0.2) is 15.9 Å². The average molecular weight is 341 g/mol. The first-order chi connectivity index (χ1) is 7.75. The molecular formula is C10H17BrN2O2S2. The van der Waals surface area contributed by atoms with Gasteiger partial charge in [0.25, 0.3) is 10.2 Å². The van der Waals surface area contributed by atoms with Crippen LogP contribution in [0.3, 0.4) is 0 Å². The van der Waals surface area contributed by atoms with Crippen molar-refractivity contribution in [1.82, 2.24) is 8.61 Å². The topological polar surface area (TPSA) is 40.6 Å². The molecule has 0 fully saturated rings. The van der Waals surface area contributed by atoms with Crippen LogP contribution in [-0.2, 0) is 16.8 Å². The predicted molar refractivity (Wildman–Crippen MR) is 75.3 cm³/mol. The summed E-state index contributed by atoms with van der Waals surface area (Å²) in [6.45, 7) is 4.11. The lowest BCUT2D eigenvalue weighted by atomic mass is 10.4. The molecule has 0 atom stereocenters. The maximum atomic E-state index is 12.1. The number of thiophene rings is 1. The Hall–Kier alpha value is 0.0500. The lowest BCUT2D eigenvalue weighted by molar-refractivity contribution is 0.356. The van der Waals surface area contributed by atoms with Gasteiger partial charge in [0.1, 0.15) is 0 Å². The zero-order valence-electron chi connectivity index (χ0n) is 10.3. The van der Waals surface area contributed by atoms with Gasteiger partial charge in [0.15, 0.2) is 0 Å². The van der Waals surface area contributed by atoms with E-state index in [4.69, 9.17) is 0 Å². The Morgan fingerprint density at radius 2 is 2.00 bits per heavy atom. The molecule has 1 aromatic rings. The number of hydrogen-bond acceptors (Lipinski definition) is 3. The van der Waals surface area contributed by atoms with E-state index in [2.05, 4.69) is 15.9 Å². The predicted octanol–water partition coefficient (Wildman–Crippen LogP) is 2.53. The first kappa shape index (κ1) is 15.1. The van der Waals surface area contributed by atoms with Crippen LogP contribution in [-0.4, -0.2) is 37.2 Å². The van der Waals surface area contributed by atoms with Gasteiger partial charge in [-0.2, -0.15) is 17.0 Å². The second-order valence-corrected chi connectivity index (χ2v) is 8.11. The van der Waals surface area contributed by atoms with E-state index in [1.807, 2.05) is 25.3 Å². The van der Waals surface area contributed by atoms with Crippen molar-refractivity contribution in [2.45, 2.75) is 26.4 Å². The van der Waals surface area contributed by atoms with Gasteiger partial charge in [-0.3, -0.25) is 0 Å². The molecule has 0 bridgehead atoms. The van der Waals surface area contributed by atoms with Gasteiger partial charge in [-0.25, -0.2) is 0 Å². The minimum absolute atomic E-state index is 0.0440. The summed E-state index contributed by atoms with van der Waals surface area (Å²) in [6, 6.07) is 1.89. The molecule has 0 saturated heterocycles. The van der Waals surface area contributed by atoms with Crippen molar-refractivity contribution in [1.29, 1.82) is 0 Å². The third kappa shape index (κ3) is 3.75. The second-order valence-electron chi connectivity index (χ2n) is 4.11. The minimum atomic E-state index is -3.37. The Bertz CT molecular complexity index is 470. The monoisotopic (exact) mass is 340 g/mol. The molecule has 0 saturated carbocycles. The SMILES string of the molecule is CC(C)N(C)S(=O)(=O)N(C)Cc1cc(Br)cs1. The summed E-state index contributed by atoms with van der Waals surface area (Å²) in [5, 5.41) is 1.95. The van der Waals surface area contributed by atoms with Crippen LogP contribution in [0, 0.1) is 0 Å². The lowest BCUT2D eigenvalue weighted by Gasteiger charge is -2.26. The zero-order valence-corrected chi connectivity index (χ0v) is 13.6. The average Bonchev–Trinajstić information content (AvgIpc) is 2.62. The normalized spacial score (nSPS) is 12.9. The summed E-state index contributed by atoms with van der Waals surface area (Å²) in [5.74, 6) is 0. The molecule has 0 unspecified atom stereocenters. The van der Waals surface area contributed by atoms with Gasteiger partial charge in [-0.05, 0) is 35.8 Å². The maximum absolute atomic E-state index is 12.1. The number of halogens is 1. The van der Waals surface area contributed by atoms with E-state index in [1.54, 1.807) is 25.4 Å². The van der Waals surface area contributed by atoms with Crippen molar-refractivity contribution in [3.8, 4) is 0 Å². The van der Waals surface area contributed by atoms with Gasteiger partial charge in [0.2, 0.25) is 0 Å². The third-order valence-corrected chi connectivity index (χ3v) is 6.23. The van der Waals surface area contributed by atoms with Crippen LogP contribution in [0.5, 0.6) is 0 Å². The molecule has 0 aromatic carbocycles. The fourth-order valence-corrected chi connectivity index (χ4v) is 4.08. The van der Waals surface area contributed by atoms with Crippen molar-refractivity contribution >= 4 is 37.5 Å². The number of hydrogen-bond donors (Lipinski definition) is 0. The van der Waals surface area contributed by atoms with Gasteiger partial charge in [0.05, 0.1) is 0 Å². The van der Waals surface area contributed by atoms with Crippen molar-refractivity contribution in [2.75, 3.05) is 14.1 Å². The molecule has 0 N–H and O–H groups in total. The highest BCUT2D eigenvalue weighted by molar-refractivity contribution is 9.10. The molecule has 1 heterocycles. The zero-order chi connectivity index (χ0) is 13.2. The summed E-state index contributed by atoms with van der Waals surface area (Å²) in [7, 11) is -0.172. The Morgan fingerprint density at radius 1 is 1.41 bits per heavy atom. The van der Waals surface area contributed by atoms with Crippen molar-refractivity contribution < 1.29 is 8.42 Å². The molecule has 98 valence electrons. The van der Waals surface area contributed by atoms with E-state index < -0.39 is 10.2 Å². The van der Waals surface area contributed by atoms with Gasteiger partial charge in [0, 0.05) is 41.4 Å². The standard InChI is InChI=1S/C10H17BrN2O2S2/c1-8(2)13(4)17(14,15)12(3)6-10-5-9(11)7-16-10/h5,7-8H,6H2,1-4H3. The van der Waals surface area contributed by atoms with E-state index >= 15 is 0 Å². The molecule has 7 heteroatoms.